The second-order valence-corrected chi connectivity index (χ2v) is 5.28. The molecule has 1 aliphatic heterocycles. The number of ether oxygens (including phenoxy) is 1. The normalized spacial score (nSPS) is 18.6. The molecule has 0 spiro atoms. The molecular weight excluding hydrogens is 284 g/mol. The minimum absolute atomic E-state index is 0.309. The lowest BCUT2D eigenvalue weighted by Gasteiger charge is -2.23. The summed E-state index contributed by atoms with van der Waals surface area (Å²) in [5.74, 6) is -0.802. The zero-order chi connectivity index (χ0) is 15.9. The number of nitrogens with one attached hydrogen (secondary N) is 1. The molecule has 0 saturated carbocycles. The van der Waals surface area contributed by atoms with Gasteiger partial charge in [-0.1, -0.05) is 30.3 Å². The lowest BCUT2D eigenvalue weighted by molar-refractivity contribution is -0.145. The number of carbonyl (C=O) groups is 3. The molecule has 0 radical (unpaired) electrons. The second kappa shape index (κ2) is 7.59. The zero-order valence-electron chi connectivity index (χ0n) is 12.5. The molecule has 2 amide bonds. The number of methoxy groups -OCH3 is 1. The Bertz CT molecular complexity index is 532. The summed E-state index contributed by atoms with van der Waals surface area (Å²) in [5.41, 5.74) is 0.928. The van der Waals surface area contributed by atoms with Crippen LogP contribution in [0, 0.1) is 0 Å². The molecule has 0 aromatic heterocycles. The average Bonchev–Trinajstić information content (AvgIpc) is 3.03. The van der Waals surface area contributed by atoms with E-state index < -0.39 is 18.1 Å². The summed E-state index contributed by atoms with van der Waals surface area (Å²) in [4.78, 5) is 36.6. The van der Waals surface area contributed by atoms with Crippen molar-refractivity contribution in [2.24, 2.45) is 0 Å². The van der Waals surface area contributed by atoms with Crippen molar-refractivity contribution < 1.29 is 19.1 Å². The quantitative estimate of drug-likeness (QED) is 0.614. The van der Waals surface area contributed by atoms with Crippen molar-refractivity contribution in [1.29, 1.82) is 0 Å². The smallest absolute Gasteiger partial charge is 0.328 e. The minimum atomic E-state index is -0.756. The number of likely N-dealkylation sites (tertiary alicyclic amines) is 1. The fourth-order valence-corrected chi connectivity index (χ4v) is 2.65. The van der Waals surface area contributed by atoms with Crippen molar-refractivity contribution in [1.82, 2.24) is 10.2 Å². The topological polar surface area (TPSA) is 75.7 Å². The lowest BCUT2D eigenvalue weighted by atomic mass is 10.1. The van der Waals surface area contributed by atoms with Crippen molar-refractivity contribution in [2.45, 2.75) is 31.3 Å². The number of benzene rings is 1. The van der Waals surface area contributed by atoms with Gasteiger partial charge >= 0.3 is 5.97 Å². The average molecular weight is 304 g/mol. The van der Waals surface area contributed by atoms with E-state index in [4.69, 9.17) is 4.74 Å². The highest BCUT2D eigenvalue weighted by atomic mass is 16.5. The first-order valence-corrected chi connectivity index (χ1v) is 7.29. The van der Waals surface area contributed by atoms with Crippen molar-refractivity contribution in [3.8, 4) is 0 Å². The Morgan fingerprint density at radius 2 is 2.14 bits per heavy atom. The van der Waals surface area contributed by atoms with Crippen LogP contribution in [0.2, 0.25) is 0 Å². The van der Waals surface area contributed by atoms with Crippen molar-refractivity contribution >= 4 is 18.3 Å². The molecule has 1 aromatic rings. The first-order chi connectivity index (χ1) is 10.7. The summed E-state index contributed by atoms with van der Waals surface area (Å²) in [6.07, 6.45) is 2.44. The summed E-state index contributed by atoms with van der Waals surface area (Å²) in [7, 11) is 1.29. The van der Waals surface area contributed by atoms with Gasteiger partial charge in [-0.2, -0.15) is 0 Å². The molecule has 0 aliphatic carbocycles. The van der Waals surface area contributed by atoms with Crippen LogP contribution in [0.25, 0.3) is 0 Å². The minimum Gasteiger partial charge on any atom is -0.467 e. The summed E-state index contributed by atoms with van der Waals surface area (Å²) in [6.45, 7) is 0.573. The number of hydrogen-bond acceptors (Lipinski definition) is 4. The number of esters is 1. The van der Waals surface area contributed by atoms with E-state index in [1.165, 1.54) is 12.0 Å². The maximum Gasteiger partial charge on any atom is 0.328 e. The molecule has 1 saturated heterocycles. The van der Waals surface area contributed by atoms with Crippen LogP contribution in [0.1, 0.15) is 18.4 Å². The molecule has 22 heavy (non-hydrogen) atoms. The standard InChI is InChI=1S/C16H20N2O4/c1-22-16(21)13(10-12-6-3-2-4-7-12)17-15(20)14-8-5-9-18(14)11-19/h2-4,6-7,11,13-14H,5,8-10H2,1H3,(H,17,20)/t13-,14-/m0/s1. The molecule has 0 bridgehead atoms. The Balaban J connectivity index is 2.05. The van der Waals surface area contributed by atoms with Crippen LogP contribution in [-0.2, 0) is 25.5 Å². The number of carbonyl (C=O) groups excluding carboxylic acids is 3. The molecule has 1 aromatic carbocycles. The second-order valence-electron chi connectivity index (χ2n) is 5.28. The van der Waals surface area contributed by atoms with Crippen LogP contribution >= 0.6 is 0 Å². The summed E-state index contributed by atoms with van der Waals surface area (Å²) in [5, 5.41) is 2.71. The largest absolute Gasteiger partial charge is 0.467 e. The molecule has 1 aliphatic rings. The maximum absolute atomic E-state index is 12.3. The highest BCUT2D eigenvalue weighted by Crippen LogP contribution is 2.15. The van der Waals surface area contributed by atoms with Crippen LogP contribution in [-0.4, -0.2) is 48.9 Å². The Kier molecular flexibility index (Phi) is 5.52. The van der Waals surface area contributed by atoms with E-state index >= 15 is 0 Å². The molecule has 1 N–H and O–H groups in total. The fourth-order valence-electron chi connectivity index (χ4n) is 2.65. The van der Waals surface area contributed by atoms with Crippen molar-refractivity contribution in [3.63, 3.8) is 0 Å². The summed E-state index contributed by atoms with van der Waals surface area (Å²) in [6, 6.07) is 8.14. The van der Waals surface area contributed by atoms with E-state index in [1.807, 2.05) is 30.3 Å². The van der Waals surface area contributed by atoms with E-state index in [0.29, 0.717) is 25.8 Å². The molecule has 6 heteroatoms. The SMILES string of the molecule is COC(=O)[C@H](Cc1ccccc1)NC(=O)[C@@H]1CCCN1C=O. The first-order valence-electron chi connectivity index (χ1n) is 7.29. The highest BCUT2D eigenvalue weighted by Gasteiger charge is 2.32. The number of hydrogen-bond donors (Lipinski definition) is 1. The molecule has 118 valence electrons. The predicted molar refractivity (Wildman–Crippen MR) is 79.9 cm³/mol. The van der Waals surface area contributed by atoms with Gasteiger partial charge in [0.05, 0.1) is 7.11 Å². The highest BCUT2D eigenvalue weighted by molar-refractivity contribution is 5.89. The number of nitrogens with zero attached hydrogens (tertiary/aromatic N) is 1. The van der Waals surface area contributed by atoms with Crippen molar-refractivity contribution in [2.75, 3.05) is 13.7 Å². The van der Waals surface area contributed by atoms with E-state index in [-0.39, 0.29) is 5.91 Å². The third-order valence-corrected chi connectivity index (χ3v) is 3.82. The lowest BCUT2D eigenvalue weighted by Crippen LogP contribution is -2.50. The van der Waals surface area contributed by atoms with Gasteiger partial charge in [-0.15, -0.1) is 0 Å². The van der Waals surface area contributed by atoms with Gasteiger partial charge in [0.25, 0.3) is 0 Å². The third-order valence-electron chi connectivity index (χ3n) is 3.82. The molecule has 0 unspecified atom stereocenters. The summed E-state index contributed by atoms with van der Waals surface area (Å²) >= 11 is 0. The van der Waals surface area contributed by atoms with Crippen LogP contribution < -0.4 is 5.32 Å². The first kappa shape index (κ1) is 16.0. The fraction of sp³-hybridized carbons (Fsp3) is 0.438. The van der Waals surface area contributed by atoms with E-state index in [9.17, 15) is 14.4 Å². The molecule has 1 fully saturated rings. The molecular formula is C16H20N2O4. The van der Waals surface area contributed by atoms with Gasteiger partial charge < -0.3 is 15.0 Å². The summed E-state index contributed by atoms with van der Waals surface area (Å²) < 4.78 is 4.76. The number of amides is 2. The van der Waals surface area contributed by atoms with E-state index in [0.717, 1.165) is 12.0 Å². The predicted octanol–water partition coefficient (Wildman–Crippen LogP) is 0.508. The Labute approximate surface area is 129 Å². The van der Waals surface area contributed by atoms with Gasteiger partial charge in [-0.25, -0.2) is 4.79 Å². The Morgan fingerprint density at radius 1 is 1.41 bits per heavy atom. The van der Waals surface area contributed by atoms with Crippen molar-refractivity contribution in [3.05, 3.63) is 35.9 Å². The third kappa shape index (κ3) is 3.84. The van der Waals surface area contributed by atoms with Gasteiger partial charge in [-0.05, 0) is 18.4 Å². The molecule has 1 heterocycles. The number of rotatable bonds is 6. The van der Waals surface area contributed by atoms with Crippen LogP contribution in [0.4, 0.5) is 0 Å². The molecule has 2 atom stereocenters. The van der Waals surface area contributed by atoms with Gasteiger partial charge in [0.15, 0.2) is 0 Å². The van der Waals surface area contributed by atoms with Crippen LogP contribution in [0.15, 0.2) is 30.3 Å². The van der Waals surface area contributed by atoms with Crippen LogP contribution in [0.5, 0.6) is 0 Å². The van der Waals surface area contributed by atoms with Gasteiger partial charge in [0, 0.05) is 13.0 Å². The maximum atomic E-state index is 12.3. The van der Waals surface area contributed by atoms with Crippen LogP contribution in [0.3, 0.4) is 0 Å². The van der Waals surface area contributed by atoms with E-state index in [2.05, 4.69) is 5.32 Å². The van der Waals surface area contributed by atoms with E-state index in [1.54, 1.807) is 0 Å². The zero-order valence-corrected chi connectivity index (χ0v) is 12.5. The van der Waals surface area contributed by atoms with Gasteiger partial charge in [0.2, 0.25) is 12.3 Å². The Morgan fingerprint density at radius 3 is 2.77 bits per heavy atom. The van der Waals surface area contributed by atoms with Gasteiger partial charge in [-0.3, -0.25) is 9.59 Å². The monoisotopic (exact) mass is 304 g/mol. The molecule has 2 rings (SSSR count). The Hall–Kier alpha value is -2.37. The van der Waals surface area contributed by atoms with Gasteiger partial charge in [0.1, 0.15) is 12.1 Å². The molecule has 6 nitrogen and oxygen atoms in total.